The van der Waals surface area contributed by atoms with Crippen LogP contribution in [0.3, 0.4) is 0 Å². The number of halogens is 1. The van der Waals surface area contributed by atoms with Crippen LogP contribution in [0.5, 0.6) is 0 Å². The Morgan fingerprint density at radius 1 is 1.80 bits per heavy atom. The summed E-state index contributed by atoms with van der Waals surface area (Å²) in [6.07, 6.45) is 1.83. The number of nitrogens with two attached hydrogens (primary N) is 1. The monoisotopic (exact) mass is 200 g/mol. The number of nitrogens with one attached hydrogen (secondary N) is 1. The number of hydrogen-bond donors (Lipinski definition) is 2. The molecular weight excluding hydrogens is 192 g/mol. The minimum absolute atomic E-state index is 0.776. The molecule has 0 saturated carbocycles. The van der Waals surface area contributed by atoms with Crippen LogP contribution in [0.2, 0.25) is 0 Å². The van der Waals surface area contributed by atoms with Gasteiger partial charge in [0.1, 0.15) is 0 Å². The molecule has 3 N–H and O–H groups in total. The second-order valence-electron chi connectivity index (χ2n) is 2.17. The average Bonchev–Trinajstić information content (AvgIpc) is 2.11. The topological polar surface area (TPSA) is 41.8 Å². The molecule has 0 aliphatic heterocycles. The van der Waals surface area contributed by atoms with Crippen LogP contribution in [-0.4, -0.2) is 4.98 Å². The molecule has 0 amide bonds. The Morgan fingerprint density at radius 2 is 2.40 bits per heavy atom. The van der Waals surface area contributed by atoms with Crippen LogP contribution in [0.25, 0.3) is 12.3 Å². The van der Waals surface area contributed by atoms with Gasteiger partial charge < -0.3 is 10.7 Å². The van der Waals surface area contributed by atoms with Crippen molar-refractivity contribution in [2.45, 2.75) is 6.92 Å². The van der Waals surface area contributed by atoms with E-state index in [-0.39, 0.29) is 0 Å². The second-order valence-corrected chi connectivity index (χ2v) is 3.03. The molecule has 1 rings (SSSR count). The lowest BCUT2D eigenvalue weighted by Gasteiger charge is -1.86. The van der Waals surface area contributed by atoms with Crippen molar-refractivity contribution < 1.29 is 0 Å². The van der Waals surface area contributed by atoms with Crippen LogP contribution in [0.1, 0.15) is 6.92 Å². The first-order chi connectivity index (χ1) is 4.63. The van der Waals surface area contributed by atoms with Crippen molar-refractivity contribution in [3.63, 3.8) is 0 Å². The van der Waals surface area contributed by atoms with Gasteiger partial charge in [0.15, 0.2) is 0 Å². The van der Waals surface area contributed by atoms with E-state index < -0.39 is 0 Å². The molecule has 1 aromatic heterocycles. The zero-order chi connectivity index (χ0) is 7.72. The molecule has 0 aliphatic carbocycles. The number of H-pyrrole nitrogens is 1. The van der Waals surface area contributed by atoms with Gasteiger partial charge in [0, 0.05) is 26.9 Å². The Morgan fingerprint density at radius 3 is 2.60 bits per heavy atom. The maximum atomic E-state index is 5.59. The fourth-order valence-electron chi connectivity index (χ4n) is 0.865. The molecule has 0 fully saturated rings. The molecule has 0 bridgehead atoms. The van der Waals surface area contributed by atoms with Crippen molar-refractivity contribution in [1.29, 1.82) is 0 Å². The molecule has 0 saturated heterocycles. The molecule has 0 aromatic carbocycles. The molecule has 2 nitrogen and oxygen atoms in total. The van der Waals surface area contributed by atoms with E-state index in [9.17, 15) is 0 Å². The first kappa shape index (κ1) is 7.41. The van der Waals surface area contributed by atoms with Gasteiger partial charge in [-0.3, -0.25) is 0 Å². The molecule has 54 valence electrons. The van der Waals surface area contributed by atoms with Crippen LogP contribution in [0, 0.1) is 0 Å². The third-order valence-corrected chi connectivity index (χ3v) is 1.93. The van der Waals surface area contributed by atoms with Gasteiger partial charge in [0.25, 0.3) is 0 Å². The molecule has 0 atom stereocenters. The predicted octanol–water partition coefficient (Wildman–Crippen LogP) is 0.274. The van der Waals surface area contributed by atoms with Crippen molar-refractivity contribution in [3.05, 3.63) is 21.2 Å². The molecule has 0 aliphatic rings. The maximum absolute atomic E-state index is 5.59. The lowest BCUT2D eigenvalue weighted by molar-refractivity contribution is 1.31. The lowest BCUT2D eigenvalue weighted by atomic mass is 10.3. The fourth-order valence-corrected chi connectivity index (χ4v) is 1.53. The Balaban J connectivity index is 3.70. The van der Waals surface area contributed by atoms with Crippen molar-refractivity contribution in [1.82, 2.24) is 4.98 Å². The molecule has 0 spiro atoms. The first-order valence-corrected chi connectivity index (χ1v) is 3.70. The van der Waals surface area contributed by atoms with E-state index in [2.05, 4.69) is 27.5 Å². The number of hydrogen-bond acceptors (Lipinski definition) is 1. The maximum Gasteiger partial charge on any atom is 0.0445 e. The van der Waals surface area contributed by atoms with Gasteiger partial charge in [0.2, 0.25) is 0 Å². The molecule has 0 radical (unpaired) electrons. The SMILES string of the molecule is C=c1[nH]cc(Br)/c1=C(/C)N. The number of rotatable bonds is 0. The van der Waals surface area contributed by atoms with Gasteiger partial charge in [-0.05, 0) is 22.9 Å². The van der Waals surface area contributed by atoms with Gasteiger partial charge >= 0.3 is 0 Å². The quantitative estimate of drug-likeness (QED) is 0.621. The van der Waals surface area contributed by atoms with Gasteiger partial charge in [-0.15, -0.1) is 0 Å². The Bertz CT molecular complexity index is 333. The summed E-state index contributed by atoms with van der Waals surface area (Å²) in [5, 5.41) is 1.83. The molecule has 1 heterocycles. The highest BCUT2D eigenvalue weighted by Gasteiger charge is 1.93. The summed E-state index contributed by atoms with van der Waals surface area (Å²) in [5.74, 6) is 0. The van der Waals surface area contributed by atoms with E-state index in [1.54, 1.807) is 0 Å². The summed E-state index contributed by atoms with van der Waals surface area (Å²) in [6.45, 7) is 5.63. The second kappa shape index (κ2) is 2.50. The zero-order valence-electron chi connectivity index (χ0n) is 5.74. The Kier molecular flexibility index (Phi) is 1.85. The molecule has 0 unspecified atom stereocenters. The highest BCUT2D eigenvalue weighted by atomic mass is 79.9. The van der Waals surface area contributed by atoms with Crippen molar-refractivity contribution in [2.75, 3.05) is 0 Å². The summed E-state index contributed by atoms with van der Waals surface area (Å²) in [6, 6.07) is 0. The molecule has 3 heteroatoms. The van der Waals surface area contributed by atoms with Gasteiger partial charge in [-0.2, -0.15) is 0 Å². The molecule has 10 heavy (non-hydrogen) atoms. The smallest absolute Gasteiger partial charge is 0.0445 e. The molecule has 1 aromatic rings. The minimum atomic E-state index is 0.776. The Labute approximate surface area is 67.6 Å². The van der Waals surface area contributed by atoms with Gasteiger partial charge in [-0.25, -0.2) is 0 Å². The largest absolute Gasteiger partial charge is 0.402 e. The van der Waals surface area contributed by atoms with Crippen LogP contribution >= 0.6 is 15.9 Å². The van der Waals surface area contributed by atoms with E-state index in [1.807, 2.05) is 13.1 Å². The lowest BCUT2D eigenvalue weighted by Crippen LogP contribution is -2.26. The standard InChI is InChI=1S/C7H9BrN2/c1-4(9)7-5(2)10-3-6(7)8/h3,10H,2,9H2,1H3/b7-4-. The third kappa shape index (κ3) is 1.09. The van der Waals surface area contributed by atoms with Crippen molar-refractivity contribution >= 4 is 28.2 Å². The van der Waals surface area contributed by atoms with E-state index in [4.69, 9.17) is 5.73 Å². The van der Waals surface area contributed by atoms with Crippen LogP contribution in [-0.2, 0) is 0 Å². The predicted molar refractivity (Wildman–Crippen MR) is 46.5 cm³/mol. The summed E-state index contributed by atoms with van der Waals surface area (Å²) >= 11 is 3.35. The van der Waals surface area contributed by atoms with E-state index in [0.717, 1.165) is 20.7 Å². The fraction of sp³-hybridized carbons (Fsp3) is 0.143. The average molecular weight is 201 g/mol. The highest BCUT2D eigenvalue weighted by molar-refractivity contribution is 9.10. The van der Waals surface area contributed by atoms with Gasteiger partial charge in [-0.1, -0.05) is 6.58 Å². The summed E-state index contributed by atoms with van der Waals surface area (Å²) in [4.78, 5) is 2.96. The van der Waals surface area contributed by atoms with Gasteiger partial charge in [0.05, 0.1) is 0 Å². The normalized spacial score (nSPS) is 13.4. The van der Waals surface area contributed by atoms with E-state index >= 15 is 0 Å². The number of aromatic nitrogens is 1. The highest BCUT2D eigenvalue weighted by Crippen LogP contribution is 1.97. The van der Waals surface area contributed by atoms with Crippen LogP contribution in [0.15, 0.2) is 10.7 Å². The summed E-state index contributed by atoms with van der Waals surface area (Å²) < 4.78 is 0.970. The number of aromatic amines is 1. The zero-order valence-corrected chi connectivity index (χ0v) is 7.33. The third-order valence-electron chi connectivity index (χ3n) is 1.31. The molecular formula is C7H9BrN2. The summed E-state index contributed by atoms with van der Waals surface area (Å²) in [5.41, 5.74) is 6.36. The van der Waals surface area contributed by atoms with Crippen molar-refractivity contribution in [3.8, 4) is 0 Å². The van der Waals surface area contributed by atoms with Crippen molar-refractivity contribution in [2.24, 2.45) is 5.73 Å². The van der Waals surface area contributed by atoms with E-state index in [0.29, 0.717) is 0 Å². The first-order valence-electron chi connectivity index (χ1n) is 2.91. The summed E-state index contributed by atoms with van der Waals surface area (Å²) in [7, 11) is 0. The van der Waals surface area contributed by atoms with Crippen LogP contribution < -0.4 is 16.3 Å². The Hall–Kier alpha value is -0.700. The minimum Gasteiger partial charge on any atom is -0.402 e. The van der Waals surface area contributed by atoms with Crippen LogP contribution in [0.4, 0.5) is 0 Å². The van der Waals surface area contributed by atoms with E-state index in [1.165, 1.54) is 0 Å².